The molecule has 2 atom stereocenters. The lowest BCUT2D eigenvalue weighted by Crippen LogP contribution is -2.47. The van der Waals surface area contributed by atoms with Crippen molar-refractivity contribution in [3.05, 3.63) is 69.3 Å². The highest BCUT2D eigenvalue weighted by Crippen LogP contribution is 2.38. The van der Waals surface area contributed by atoms with E-state index in [9.17, 15) is 19.8 Å². The van der Waals surface area contributed by atoms with Crippen LogP contribution in [0.1, 0.15) is 17.5 Å². The molecule has 0 radical (unpaired) electrons. The van der Waals surface area contributed by atoms with Gasteiger partial charge in [-0.1, -0.05) is 30.3 Å². The summed E-state index contributed by atoms with van der Waals surface area (Å²) in [7, 11) is 0. The highest BCUT2D eigenvalue weighted by molar-refractivity contribution is 7.13. The SMILES string of the molecule is O=C([O-])N1CCC(O)C1Cc1cc(-c2ccccc2)c(=O)n2c1-c1sccc1CC2. The fourth-order valence-corrected chi connectivity index (χ4v) is 5.74. The molecule has 1 aromatic carbocycles. The first-order valence-corrected chi connectivity index (χ1v) is 11.0. The second-order valence-corrected chi connectivity index (χ2v) is 8.78. The van der Waals surface area contributed by atoms with Crippen LogP contribution < -0.4 is 10.7 Å². The molecular formula is C23H21N2O4S-. The first kappa shape index (κ1) is 19.1. The third-order valence-electron chi connectivity index (χ3n) is 6.19. The maximum Gasteiger partial charge on any atom is 0.258 e. The Balaban J connectivity index is 1.69. The van der Waals surface area contributed by atoms with Gasteiger partial charge in [0.25, 0.3) is 5.56 Å². The molecule has 2 unspecified atom stereocenters. The average Bonchev–Trinajstić information content (AvgIpc) is 3.37. The second-order valence-electron chi connectivity index (χ2n) is 7.87. The molecule has 4 heterocycles. The fraction of sp³-hybridized carbons (Fsp3) is 0.304. The van der Waals surface area contributed by atoms with Crippen molar-refractivity contribution in [3.63, 3.8) is 0 Å². The number of hydrogen-bond donors (Lipinski definition) is 1. The number of aliphatic hydroxyl groups excluding tert-OH is 1. The molecular weight excluding hydrogens is 400 g/mol. The van der Waals surface area contributed by atoms with E-state index in [4.69, 9.17) is 0 Å². The number of likely N-dealkylation sites (tertiary alicyclic amines) is 1. The predicted molar refractivity (Wildman–Crippen MR) is 113 cm³/mol. The lowest BCUT2D eigenvalue weighted by atomic mass is 9.93. The normalized spacial score (nSPS) is 20.1. The zero-order chi connectivity index (χ0) is 20.8. The number of aromatic nitrogens is 1. The van der Waals surface area contributed by atoms with Gasteiger partial charge < -0.3 is 24.5 Å². The van der Waals surface area contributed by atoms with Crippen LogP contribution in [0.15, 0.2) is 52.6 Å². The molecule has 30 heavy (non-hydrogen) atoms. The summed E-state index contributed by atoms with van der Waals surface area (Å²) in [4.78, 5) is 27.2. The third-order valence-corrected chi connectivity index (χ3v) is 7.16. The van der Waals surface area contributed by atoms with Crippen LogP contribution in [0, 0.1) is 0 Å². The Hall–Kier alpha value is -2.90. The summed E-state index contributed by atoms with van der Waals surface area (Å²) < 4.78 is 1.82. The van der Waals surface area contributed by atoms with Crippen molar-refractivity contribution in [2.75, 3.05) is 6.54 Å². The Bertz CT molecular complexity index is 1170. The summed E-state index contributed by atoms with van der Waals surface area (Å²) in [6, 6.07) is 12.9. The molecule has 6 nitrogen and oxygen atoms in total. The number of aryl methyl sites for hydroxylation is 1. The summed E-state index contributed by atoms with van der Waals surface area (Å²) in [5.41, 5.74) is 4.34. The largest absolute Gasteiger partial charge is 0.530 e. The number of thiophene rings is 1. The summed E-state index contributed by atoms with van der Waals surface area (Å²) in [6.07, 6.45) is -0.493. The summed E-state index contributed by atoms with van der Waals surface area (Å²) >= 11 is 1.59. The van der Waals surface area contributed by atoms with Crippen LogP contribution in [0.3, 0.4) is 0 Å². The minimum Gasteiger partial charge on any atom is -0.530 e. The number of rotatable bonds is 3. The molecule has 2 aliphatic heterocycles. The molecule has 2 aliphatic rings. The molecule has 154 valence electrons. The number of carbonyl (C=O) groups excluding carboxylic acids is 1. The highest BCUT2D eigenvalue weighted by atomic mass is 32.1. The van der Waals surface area contributed by atoms with Crippen LogP contribution in [0.25, 0.3) is 21.7 Å². The van der Waals surface area contributed by atoms with Gasteiger partial charge in [0.15, 0.2) is 0 Å². The molecule has 0 saturated carbocycles. The van der Waals surface area contributed by atoms with Crippen molar-refractivity contribution < 1.29 is 15.0 Å². The van der Waals surface area contributed by atoms with Crippen molar-refractivity contribution in [1.29, 1.82) is 0 Å². The quantitative estimate of drug-likeness (QED) is 0.702. The van der Waals surface area contributed by atoms with Crippen molar-refractivity contribution >= 4 is 17.4 Å². The second kappa shape index (κ2) is 7.41. The number of amides is 1. The van der Waals surface area contributed by atoms with E-state index in [0.29, 0.717) is 24.9 Å². The summed E-state index contributed by atoms with van der Waals surface area (Å²) in [5, 5.41) is 24.1. The number of pyridine rings is 1. The van der Waals surface area contributed by atoms with Crippen LogP contribution in [0.5, 0.6) is 0 Å². The number of fused-ring (bicyclic) bond motifs is 3. The van der Waals surface area contributed by atoms with E-state index in [-0.39, 0.29) is 12.1 Å². The zero-order valence-corrected chi connectivity index (χ0v) is 17.1. The number of hydrogen-bond acceptors (Lipinski definition) is 5. The molecule has 1 amide bonds. The first-order valence-electron chi connectivity index (χ1n) is 10.1. The zero-order valence-electron chi connectivity index (χ0n) is 16.3. The highest BCUT2D eigenvalue weighted by Gasteiger charge is 2.35. The van der Waals surface area contributed by atoms with E-state index in [0.717, 1.165) is 28.1 Å². The molecule has 3 aromatic rings. The van der Waals surface area contributed by atoms with Gasteiger partial charge >= 0.3 is 0 Å². The Morgan fingerprint density at radius 3 is 2.77 bits per heavy atom. The minimum absolute atomic E-state index is 0.0391. The van der Waals surface area contributed by atoms with Gasteiger partial charge in [-0.05, 0) is 53.5 Å². The van der Waals surface area contributed by atoms with Gasteiger partial charge in [-0.2, -0.15) is 0 Å². The molecule has 1 N–H and O–H groups in total. The van der Waals surface area contributed by atoms with Crippen LogP contribution in [0.4, 0.5) is 4.79 Å². The summed E-state index contributed by atoms with van der Waals surface area (Å²) in [5.74, 6) is 0. The molecule has 0 aliphatic carbocycles. The van der Waals surface area contributed by atoms with Crippen molar-refractivity contribution in [2.45, 2.75) is 38.0 Å². The smallest absolute Gasteiger partial charge is 0.258 e. The standard InChI is InChI=1S/C23H22N2O4S/c26-19-7-10-24(23(28)29)18(19)13-16-12-17(14-4-2-1-3-5-14)22(27)25-9-6-15-8-11-30-21(15)20(16)25/h1-5,8,11-12,18-19,26H,6-7,9-10,13H2,(H,28,29)/p-1. The van der Waals surface area contributed by atoms with Crippen molar-refractivity contribution in [1.82, 2.24) is 9.47 Å². The van der Waals surface area contributed by atoms with Crippen molar-refractivity contribution in [2.24, 2.45) is 0 Å². The van der Waals surface area contributed by atoms with Gasteiger partial charge in [0.05, 0.1) is 22.7 Å². The third kappa shape index (κ3) is 3.05. The Morgan fingerprint density at radius 2 is 2.00 bits per heavy atom. The Kier molecular flexibility index (Phi) is 4.72. The molecule has 2 aromatic heterocycles. The van der Waals surface area contributed by atoms with E-state index in [1.807, 2.05) is 46.3 Å². The predicted octanol–water partition coefficient (Wildman–Crippen LogP) is 2.12. The number of benzene rings is 1. The Morgan fingerprint density at radius 1 is 1.20 bits per heavy atom. The molecule has 1 fully saturated rings. The van der Waals surface area contributed by atoms with Gasteiger partial charge in [0.2, 0.25) is 0 Å². The van der Waals surface area contributed by atoms with E-state index in [1.54, 1.807) is 11.3 Å². The number of aliphatic hydroxyl groups is 1. The number of nitrogens with zero attached hydrogens (tertiary/aromatic N) is 2. The number of carboxylic acid groups (broad SMARTS) is 1. The van der Waals surface area contributed by atoms with Crippen molar-refractivity contribution in [3.8, 4) is 21.7 Å². The molecule has 1 saturated heterocycles. The maximum absolute atomic E-state index is 13.4. The van der Waals surface area contributed by atoms with E-state index >= 15 is 0 Å². The topological polar surface area (TPSA) is 85.6 Å². The van der Waals surface area contributed by atoms with E-state index in [2.05, 4.69) is 6.07 Å². The molecule has 5 rings (SSSR count). The monoisotopic (exact) mass is 421 g/mol. The van der Waals surface area contributed by atoms with Crippen LogP contribution in [0.2, 0.25) is 0 Å². The lowest BCUT2D eigenvalue weighted by Gasteiger charge is -2.30. The lowest BCUT2D eigenvalue weighted by molar-refractivity contribution is -0.267. The number of carbonyl (C=O) groups is 1. The van der Waals surface area contributed by atoms with Crippen LogP contribution in [-0.4, -0.2) is 39.4 Å². The van der Waals surface area contributed by atoms with Gasteiger partial charge in [-0.3, -0.25) is 4.79 Å². The molecule has 0 bridgehead atoms. The van der Waals surface area contributed by atoms with Gasteiger partial charge in [-0.25, -0.2) is 0 Å². The van der Waals surface area contributed by atoms with Gasteiger partial charge in [0, 0.05) is 18.7 Å². The summed E-state index contributed by atoms with van der Waals surface area (Å²) in [6.45, 7) is 0.849. The fourth-order valence-electron chi connectivity index (χ4n) is 4.69. The minimum atomic E-state index is -1.27. The average molecular weight is 421 g/mol. The molecule has 0 spiro atoms. The first-order chi connectivity index (χ1) is 14.5. The van der Waals surface area contributed by atoms with Gasteiger partial charge in [-0.15, -0.1) is 11.3 Å². The van der Waals surface area contributed by atoms with Crippen LogP contribution >= 0.6 is 11.3 Å². The van der Waals surface area contributed by atoms with Crippen LogP contribution in [-0.2, 0) is 19.4 Å². The van der Waals surface area contributed by atoms with Gasteiger partial charge in [0.1, 0.15) is 6.09 Å². The van der Waals surface area contributed by atoms with E-state index < -0.39 is 18.2 Å². The van der Waals surface area contributed by atoms with E-state index in [1.165, 1.54) is 10.5 Å². The Labute approximate surface area is 177 Å². The maximum atomic E-state index is 13.4. The molecule has 7 heteroatoms.